The molecule has 0 radical (unpaired) electrons. The Kier molecular flexibility index (Phi) is 4.39. The van der Waals surface area contributed by atoms with Gasteiger partial charge in [0.05, 0.1) is 10.6 Å². The summed E-state index contributed by atoms with van der Waals surface area (Å²) >= 11 is 5.89. The van der Waals surface area contributed by atoms with Crippen molar-refractivity contribution >= 4 is 33.3 Å². The summed E-state index contributed by atoms with van der Waals surface area (Å²) in [6.45, 7) is 1.47. The number of pyridine rings is 1. The third-order valence-corrected chi connectivity index (χ3v) is 5.75. The lowest BCUT2D eigenvalue weighted by atomic mass is 10.3. The summed E-state index contributed by atoms with van der Waals surface area (Å²) in [4.78, 5) is 8.08. The lowest BCUT2D eigenvalue weighted by Crippen LogP contribution is -2.33. The third kappa shape index (κ3) is 3.12. The van der Waals surface area contributed by atoms with Crippen molar-refractivity contribution < 1.29 is 21.6 Å². The van der Waals surface area contributed by atoms with E-state index in [0.717, 1.165) is 6.08 Å². The quantitative estimate of drug-likeness (QED) is 0.760. The van der Waals surface area contributed by atoms with Crippen LogP contribution in [-0.4, -0.2) is 34.9 Å². The predicted octanol–water partition coefficient (Wildman–Crippen LogP) is 2.76. The standard InChI is InChI=1S/C14H13ClF3N5O2S/c1-3-26(24,25)8-4-5-10(15)20-11(8)13-19-7-6-9(14(16,17)18)21-22-12(7)23(13)2/h4-6,21-22H,3H2,1-2H3. The second-order valence-electron chi connectivity index (χ2n) is 5.42. The summed E-state index contributed by atoms with van der Waals surface area (Å²) in [6, 6.07) is 2.64. The Morgan fingerprint density at radius 1 is 1.23 bits per heavy atom. The van der Waals surface area contributed by atoms with E-state index in [4.69, 9.17) is 11.6 Å². The van der Waals surface area contributed by atoms with Gasteiger partial charge in [0.15, 0.2) is 21.5 Å². The molecule has 0 unspecified atom stereocenters. The third-order valence-electron chi connectivity index (χ3n) is 3.78. The fraction of sp³-hybridized carbons (Fsp3) is 0.286. The lowest BCUT2D eigenvalue weighted by molar-refractivity contribution is -0.0951. The molecule has 0 saturated heterocycles. The number of hydrogen-bond acceptors (Lipinski definition) is 6. The van der Waals surface area contributed by atoms with E-state index in [2.05, 4.69) is 15.4 Å². The van der Waals surface area contributed by atoms with Gasteiger partial charge in [0.25, 0.3) is 0 Å². The molecule has 0 aromatic carbocycles. The second kappa shape index (κ2) is 6.16. The summed E-state index contributed by atoms with van der Waals surface area (Å²) in [5, 5.41) is 0.0358. The van der Waals surface area contributed by atoms with Gasteiger partial charge in [0.2, 0.25) is 0 Å². The van der Waals surface area contributed by atoms with E-state index in [-0.39, 0.29) is 38.8 Å². The van der Waals surface area contributed by atoms with Crippen molar-refractivity contribution in [2.45, 2.75) is 18.0 Å². The molecular weight excluding hydrogens is 395 g/mol. The number of aromatic nitrogens is 3. The van der Waals surface area contributed by atoms with Crippen molar-refractivity contribution in [3.8, 4) is 11.5 Å². The van der Waals surface area contributed by atoms with Gasteiger partial charge in [0, 0.05) is 7.05 Å². The summed E-state index contributed by atoms with van der Waals surface area (Å²) < 4.78 is 64.7. The van der Waals surface area contributed by atoms with Crippen LogP contribution in [0.5, 0.6) is 0 Å². The van der Waals surface area contributed by atoms with Crippen LogP contribution in [0.1, 0.15) is 12.6 Å². The molecule has 0 fully saturated rings. The molecule has 3 rings (SSSR count). The van der Waals surface area contributed by atoms with Crippen LogP contribution in [0, 0.1) is 0 Å². The van der Waals surface area contributed by atoms with E-state index in [1.165, 1.54) is 30.7 Å². The number of hydrazine groups is 1. The smallest absolute Gasteiger partial charge is 0.311 e. The van der Waals surface area contributed by atoms with E-state index in [1.807, 2.05) is 5.43 Å². The highest BCUT2D eigenvalue weighted by molar-refractivity contribution is 7.91. The number of anilines is 1. The van der Waals surface area contributed by atoms with Crippen LogP contribution in [0.25, 0.3) is 17.6 Å². The van der Waals surface area contributed by atoms with Gasteiger partial charge in [-0.3, -0.25) is 10.9 Å². The number of hydrogen-bond donors (Lipinski definition) is 2. The molecule has 12 heteroatoms. The first-order chi connectivity index (χ1) is 12.0. The van der Waals surface area contributed by atoms with Gasteiger partial charge < -0.3 is 4.57 Å². The van der Waals surface area contributed by atoms with Crippen LogP contribution in [0.4, 0.5) is 19.0 Å². The molecule has 2 N–H and O–H groups in total. The molecule has 0 saturated carbocycles. The topological polar surface area (TPSA) is 88.9 Å². The predicted molar refractivity (Wildman–Crippen MR) is 90.0 cm³/mol. The largest absolute Gasteiger partial charge is 0.432 e. The highest BCUT2D eigenvalue weighted by Crippen LogP contribution is 2.34. The first-order valence-corrected chi connectivity index (χ1v) is 9.35. The fourth-order valence-electron chi connectivity index (χ4n) is 2.42. The highest BCUT2D eigenvalue weighted by Gasteiger charge is 2.37. The second-order valence-corrected chi connectivity index (χ2v) is 8.05. The van der Waals surface area contributed by atoms with Gasteiger partial charge in [-0.15, -0.1) is 0 Å². The van der Waals surface area contributed by atoms with Gasteiger partial charge >= 0.3 is 6.18 Å². The zero-order chi connectivity index (χ0) is 19.3. The van der Waals surface area contributed by atoms with Crippen molar-refractivity contribution in [3.63, 3.8) is 0 Å². The molecule has 2 aromatic heterocycles. The average Bonchev–Trinajstić information content (AvgIpc) is 2.90. The van der Waals surface area contributed by atoms with Crippen molar-refractivity contribution in [1.29, 1.82) is 0 Å². The Labute approximate surface area is 151 Å². The van der Waals surface area contributed by atoms with Crippen LogP contribution in [-0.2, 0) is 16.9 Å². The molecule has 0 bridgehead atoms. The fourth-order valence-corrected chi connectivity index (χ4v) is 3.59. The molecule has 26 heavy (non-hydrogen) atoms. The Morgan fingerprint density at radius 3 is 2.54 bits per heavy atom. The maximum absolute atomic E-state index is 12.9. The van der Waals surface area contributed by atoms with Crippen LogP contribution in [0.2, 0.25) is 5.15 Å². The molecule has 0 spiro atoms. The maximum Gasteiger partial charge on any atom is 0.432 e. The molecular formula is C14H13ClF3N5O2S. The van der Waals surface area contributed by atoms with E-state index in [0.29, 0.717) is 0 Å². The number of sulfone groups is 1. The van der Waals surface area contributed by atoms with Gasteiger partial charge in [-0.05, 0) is 18.2 Å². The van der Waals surface area contributed by atoms with Crippen LogP contribution in [0.15, 0.2) is 22.7 Å². The Hall–Kier alpha value is -2.27. The van der Waals surface area contributed by atoms with Crippen molar-refractivity contribution in [2.75, 3.05) is 11.2 Å². The van der Waals surface area contributed by atoms with Crippen molar-refractivity contribution in [3.05, 3.63) is 28.7 Å². The number of imidazole rings is 1. The van der Waals surface area contributed by atoms with E-state index in [9.17, 15) is 21.6 Å². The molecule has 3 heterocycles. The Morgan fingerprint density at radius 2 is 1.92 bits per heavy atom. The number of rotatable bonds is 3. The molecule has 140 valence electrons. The molecule has 1 aliphatic heterocycles. The van der Waals surface area contributed by atoms with Crippen molar-refractivity contribution in [1.82, 2.24) is 20.0 Å². The normalized spacial score (nSPS) is 14.3. The zero-order valence-corrected chi connectivity index (χ0v) is 15.1. The highest BCUT2D eigenvalue weighted by atomic mass is 35.5. The summed E-state index contributed by atoms with van der Waals surface area (Å²) in [5.74, 6) is 0.124. The number of fused-ring (bicyclic) bond motifs is 1. The van der Waals surface area contributed by atoms with E-state index >= 15 is 0 Å². The van der Waals surface area contributed by atoms with Crippen LogP contribution in [0.3, 0.4) is 0 Å². The Balaban J connectivity index is 2.22. The molecule has 0 atom stereocenters. The van der Waals surface area contributed by atoms with Crippen molar-refractivity contribution in [2.24, 2.45) is 7.05 Å². The number of halogens is 4. The van der Waals surface area contributed by atoms with Gasteiger partial charge in [-0.1, -0.05) is 18.5 Å². The van der Waals surface area contributed by atoms with E-state index < -0.39 is 21.7 Å². The van der Waals surface area contributed by atoms with Crippen LogP contribution < -0.4 is 10.9 Å². The molecule has 0 amide bonds. The molecule has 2 aromatic rings. The first kappa shape index (κ1) is 18.5. The molecule has 7 nitrogen and oxygen atoms in total. The maximum atomic E-state index is 12.9. The number of alkyl halides is 3. The first-order valence-electron chi connectivity index (χ1n) is 7.32. The SMILES string of the molecule is CCS(=O)(=O)c1ccc(Cl)nc1-c1nc2c(n1C)NNC(C(F)(F)F)=C2. The van der Waals surface area contributed by atoms with Gasteiger partial charge in [0.1, 0.15) is 22.2 Å². The summed E-state index contributed by atoms with van der Waals surface area (Å²) in [7, 11) is -2.13. The Bertz CT molecular complexity index is 1010. The van der Waals surface area contributed by atoms with Gasteiger partial charge in [-0.2, -0.15) is 13.2 Å². The zero-order valence-electron chi connectivity index (χ0n) is 13.5. The minimum Gasteiger partial charge on any atom is -0.311 e. The number of nitrogens with zero attached hydrogens (tertiary/aromatic N) is 3. The summed E-state index contributed by atoms with van der Waals surface area (Å²) in [6.07, 6.45) is -3.76. The number of allylic oxidation sites excluding steroid dienone is 1. The summed E-state index contributed by atoms with van der Waals surface area (Å²) in [5.41, 5.74) is 3.41. The van der Waals surface area contributed by atoms with Crippen LogP contribution >= 0.6 is 11.6 Å². The monoisotopic (exact) mass is 407 g/mol. The molecule has 1 aliphatic rings. The number of nitrogens with one attached hydrogen (secondary N) is 2. The lowest BCUT2D eigenvalue weighted by Gasteiger charge is -2.20. The van der Waals surface area contributed by atoms with Gasteiger partial charge in [-0.25, -0.2) is 18.4 Å². The van der Waals surface area contributed by atoms with E-state index in [1.54, 1.807) is 0 Å². The average molecular weight is 408 g/mol. The minimum absolute atomic E-state index is 0.00445. The molecule has 0 aliphatic carbocycles. The minimum atomic E-state index is -4.59.